The fourth-order valence-corrected chi connectivity index (χ4v) is 0.985. The zero-order valence-corrected chi connectivity index (χ0v) is 7.19. The second kappa shape index (κ2) is 3.40. The van der Waals surface area contributed by atoms with E-state index in [1.54, 1.807) is 19.2 Å². The Morgan fingerprint density at radius 2 is 2.31 bits per heavy atom. The molecular weight excluding hydrogens is 170 g/mol. The number of carboxylic acid groups (broad SMARTS) is 1. The predicted molar refractivity (Wildman–Crippen MR) is 48.0 cm³/mol. The van der Waals surface area contributed by atoms with Gasteiger partial charge in [0.05, 0.1) is 0 Å². The Balaban J connectivity index is 3.12. The van der Waals surface area contributed by atoms with Crippen molar-refractivity contribution in [1.82, 2.24) is 4.98 Å². The highest BCUT2D eigenvalue weighted by molar-refractivity contribution is 5.77. The lowest BCUT2D eigenvalue weighted by atomic mass is 10.1. The lowest BCUT2D eigenvalue weighted by molar-refractivity contribution is -0.138. The number of rotatable bonds is 2. The van der Waals surface area contributed by atoms with Gasteiger partial charge in [0, 0.05) is 11.8 Å². The summed E-state index contributed by atoms with van der Waals surface area (Å²) in [4.78, 5) is 14.4. The van der Waals surface area contributed by atoms with E-state index in [1.165, 1.54) is 0 Å². The van der Waals surface area contributed by atoms with E-state index in [4.69, 9.17) is 16.6 Å². The van der Waals surface area contributed by atoms with Crippen molar-refractivity contribution in [2.24, 2.45) is 5.73 Å². The van der Waals surface area contributed by atoms with Crippen molar-refractivity contribution in [3.05, 3.63) is 23.4 Å². The lowest BCUT2D eigenvalue weighted by Crippen LogP contribution is -2.22. The van der Waals surface area contributed by atoms with Crippen LogP contribution in [0.25, 0.3) is 0 Å². The van der Waals surface area contributed by atoms with E-state index in [2.05, 4.69) is 4.98 Å². The molecule has 0 radical (unpaired) electrons. The van der Waals surface area contributed by atoms with E-state index in [1.807, 2.05) is 0 Å². The van der Waals surface area contributed by atoms with Crippen LogP contribution in [0.4, 0.5) is 5.82 Å². The molecule has 0 fully saturated rings. The highest BCUT2D eigenvalue weighted by Gasteiger charge is 2.17. The summed E-state index contributed by atoms with van der Waals surface area (Å²) >= 11 is 0. The summed E-state index contributed by atoms with van der Waals surface area (Å²) in [5.41, 5.74) is 12.0. The smallest absolute Gasteiger partial charge is 0.325 e. The van der Waals surface area contributed by atoms with Gasteiger partial charge in [-0.1, -0.05) is 0 Å². The topological polar surface area (TPSA) is 102 Å². The van der Waals surface area contributed by atoms with Gasteiger partial charge in [0.25, 0.3) is 0 Å². The standard InChI is InChI=1S/C8H11N3O2/c1-4-2-5(6(9)8(12)13)7(10)11-3-4/h2-3,6H,9H2,1H3,(H2,10,11)(H,12,13)/t6-/m0/s1. The highest BCUT2D eigenvalue weighted by Crippen LogP contribution is 2.17. The summed E-state index contributed by atoms with van der Waals surface area (Å²) in [7, 11) is 0. The molecule has 1 rings (SSSR count). The van der Waals surface area contributed by atoms with Crippen LogP contribution in [0.2, 0.25) is 0 Å². The first-order valence-electron chi connectivity index (χ1n) is 3.72. The largest absolute Gasteiger partial charge is 0.480 e. The summed E-state index contributed by atoms with van der Waals surface area (Å²) in [6.45, 7) is 1.80. The quantitative estimate of drug-likeness (QED) is 0.598. The monoisotopic (exact) mass is 181 g/mol. The molecule has 1 aromatic rings. The molecule has 0 aromatic carbocycles. The van der Waals surface area contributed by atoms with Crippen LogP contribution < -0.4 is 11.5 Å². The Morgan fingerprint density at radius 1 is 1.69 bits per heavy atom. The van der Waals surface area contributed by atoms with Crippen LogP contribution in [0.15, 0.2) is 12.3 Å². The minimum Gasteiger partial charge on any atom is -0.480 e. The number of carboxylic acids is 1. The van der Waals surface area contributed by atoms with Crippen LogP contribution in [0.3, 0.4) is 0 Å². The van der Waals surface area contributed by atoms with Crippen LogP contribution in [-0.2, 0) is 4.79 Å². The van der Waals surface area contributed by atoms with E-state index in [0.717, 1.165) is 5.56 Å². The van der Waals surface area contributed by atoms with Gasteiger partial charge in [0.1, 0.15) is 11.9 Å². The highest BCUT2D eigenvalue weighted by atomic mass is 16.4. The summed E-state index contributed by atoms with van der Waals surface area (Å²) in [6.07, 6.45) is 1.56. The van der Waals surface area contributed by atoms with Crippen molar-refractivity contribution in [3.63, 3.8) is 0 Å². The average molecular weight is 181 g/mol. The maximum Gasteiger partial charge on any atom is 0.325 e. The van der Waals surface area contributed by atoms with Crippen molar-refractivity contribution in [1.29, 1.82) is 0 Å². The van der Waals surface area contributed by atoms with E-state index >= 15 is 0 Å². The predicted octanol–water partition coefficient (Wildman–Crippen LogP) is 0.0566. The molecule has 0 bridgehead atoms. The number of aliphatic carboxylic acids is 1. The SMILES string of the molecule is Cc1cnc(N)c([C@H](N)C(=O)O)c1. The molecule has 5 nitrogen and oxygen atoms in total. The number of aryl methyl sites for hydroxylation is 1. The van der Waals surface area contributed by atoms with Crippen LogP contribution in [0, 0.1) is 6.92 Å². The van der Waals surface area contributed by atoms with Gasteiger partial charge < -0.3 is 16.6 Å². The van der Waals surface area contributed by atoms with Gasteiger partial charge in [-0.2, -0.15) is 0 Å². The van der Waals surface area contributed by atoms with E-state index < -0.39 is 12.0 Å². The molecular formula is C8H11N3O2. The van der Waals surface area contributed by atoms with E-state index in [9.17, 15) is 4.79 Å². The molecule has 5 N–H and O–H groups in total. The molecule has 0 saturated heterocycles. The Labute approximate surface area is 75.4 Å². The maximum atomic E-state index is 10.6. The maximum absolute atomic E-state index is 10.6. The second-order valence-electron chi connectivity index (χ2n) is 2.80. The first-order valence-corrected chi connectivity index (χ1v) is 3.72. The molecule has 0 aliphatic carbocycles. The molecule has 0 unspecified atom stereocenters. The number of pyridine rings is 1. The molecule has 70 valence electrons. The fraction of sp³-hybridized carbons (Fsp3) is 0.250. The molecule has 0 saturated carbocycles. The van der Waals surface area contributed by atoms with Gasteiger partial charge in [0.2, 0.25) is 0 Å². The molecule has 0 aliphatic rings. The normalized spacial score (nSPS) is 12.5. The molecule has 1 aromatic heterocycles. The molecule has 13 heavy (non-hydrogen) atoms. The molecule has 0 amide bonds. The number of carbonyl (C=O) groups is 1. The van der Waals surface area contributed by atoms with E-state index in [-0.39, 0.29) is 5.82 Å². The first-order chi connectivity index (χ1) is 6.02. The number of nitrogens with two attached hydrogens (primary N) is 2. The van der Waals surface area contributed by atoms with Gasteiger partial charge in [-0.15, -0.1) is 0 Å². The number of hydrogen-bond donors (Lipinski definition) is 3. The Hall–Kier alpha value is -1.62. The van der Waals surface area contributed by atoms with Gasteiger partial charge in [0.15, 0.2) is 0 Å². The first kappa shape index (κ1) is 9.47. The molecule has 1 atom stereocenters. The number of anilines is 1. The third-order valence-corrected chi connectivity index (χ3v) is 1.69. The summed E-state index contributed by atoms with van der Waals surface area (Å²) < 4.78 is 0. The van der Waals surface area contributed by atoms with Crippen LogP contribution in [0.1, 0.15) is 17.2 Å². The van der Waals surface area contributed by atoms with Gasteiger partial charge in [-0.3, -0.25) is 4.79 Å². The third-order valence-electron chi connectivity index (χ3n) is 1.69. The van der Waals surface area contributed by atoms with Crippen molar-refractivity contribution >= 4 is 11.8 Å². The summed E-state index contributed by atoms with van der Waals surface area (Å²) in [5, 5.41) is 8.64. The van der Waals surface area contributed by atoms with Crippen LogP contribution in [-0.4, -0.2) is 16.1 Å². The zero-order valence-electron chi connectivity index (χ0n) is 7.19. The van der Waals surface area contributed by atoms with Gasteiger partial charge in [-0.25, -0.2) is 4.98 Å². The van der Waals surface area contributed by atoms with Crippen molar-refractivity contribution in [3.8, 4) is 0 Å². The zero-order chi connectivity index (χ0) is 10.0. The molecule has 1 heterocycles. The molecule has 5 heteroatoms. The average Bonchev–Trinajstić information content (AvgIpc) is 2.08. The number of aromatic nitrogens is 1. The minimum absolute atomic E-state index is 0.167. The van der Waals surface area contributed by atoms with Crippen molar-refractivity contribution < 1.29 is 9.90 Å². The Bertz CT molecular complexity index is 338. The second-order valence-corrected chi connectivity index (χ2v) is 2.80. The number of nitrogens with zero attached hydrogens (tertiary/aromatic N) is 1. The Kier molecular flexibility index (Phi) is 2.48. The van der Waals surface area contributed by atoms with Crippen molar-refractivity contribution in [2.45, 2.75) is 13.0 Å². The minimum atomic E-state index is -1.11. The van der Waals surface area contributed by atoms with Crippen LogP contribution >= 0.6 is 0 Å². The van der Waals surface area contributed by atoms with Gasteiger partial charge in [-0.05, 0) is 18.6 Å². The summed E-state index contributed by atoms with van der Waals surface area (Å²) in [6, 6.07) is 0.522. The van der Waals surface area contributed by atoms with Gasteiger partial charge >= 0.3 is 5.97 Å². The summed E-state index contributed by atoms with van der Waals surface area (Å²) in [5.74, 6) is -0.945. The van der Waals surface area contributed by atoms with Crippen molar-refractivity contribution in [2.75, 3.05) is 5.73 Å². The number of nitrogen functional groups attached to an aromatic ring is 1. The Morgan fingerprint density at radius 3 is 2.85 bits per heavy atom. The molecule has 0 aliphatic heterocycles. The third kappa shape index (κ3) is 1.94. The fourth-order valence-electron chi connectivity index (χ4n) is 0.985. The molecule has 0 spiro atoms. The number of hydrogen-bond acceptors (Lipinski definition) is 4. The van der Waals surface area contributed by atoms with Crippen LogP contribution in [0.5, 0.6) is 0 Å². The van der Waals surface area contributed by atoms with E-state index in [0.29, 0.717) is 5.56 Å². The lowest BCUT2D eigenvalue weighted by Gasteiger charge is -2.09.